The first-order valence-corrected chi connectivity index (χ1v) is 14.1. The van der Waals surface area contributed by atoms with E-state index in [1.807, 2.05) is 58.0 Å². The van der Waals surface area contributed by atoms with Crippen LogP contribution in [0, 0.1) is 6.92 Å². The molecule has 0 unspecified atom stereocenters. The number of azide groups is 1. The van der Waals surface area contributed by atoms with Crippen molar-refractivity contribution in [3.05, 3.63) is 93.4 Å². The molecule has 1 N–H and O–H groups in total. The van der Waals surface area contributed by atoms with Gasteiger partial charge in [0.1, 0.15) is 12.2 Å². The second-order valence-corrected chi connectivity index (χ2v) is 11.6. The second kappa shape index (κ2) is 12.0. The van der Waals surface area contributed by atoms with Gasteiger partial charge in [0.2, 0.25) is 0 Å². The van der Waals surface area contributed by atoms with Gasteiger partial charge in [0.05, 0.1) is 0 Å². The molecule has 2 aliphatic rings. The summed E-state index contributed by atoms with van der Waals surface area (Å²) in [4.78, 5) is 32.1. The van der Waals surface area contributed by atoms with E-state index in [9.17, 15) is 9.59 Å². The first kappa shape index (κ1) is 28.8. The van der Waals surface area contributed by atoms with Crippen molar-refractivity contribution in [1.82, 2.24) is 10.2 Å². The Labute approximate surface area is 245 Å². The van der Waals surface area contributed by atoms with Crippen LogP contribution in [0.15, 0.2) is 65.8 Å². The van der Waals surface area contributed by atoms with Gasteiger partial charge < -0.3 is 24.6 Å². The quantitative estimate of drug-likeness (QED) is 0.194. The van der Waals surface area contributed by atoms with E-state index >= 15 is 0 Å². The van der Waals surface area contributed by atoms with Crippen LogP contribution in [0.5, 0.6) is 0 Å². The molecule has 0 atom stereocenters. The smallest absolute Gasteiger partial charge is 0.410 e. The zero-order chi connectivity index (χ0) is 29.9. The Bertz CT molecular complexity index is 1490. The minimum atomic E-state index is -0.552. The average molecular weight is 569 g/mol. The lowest BCUT2D eigenvalue weighted by molar-refractivity contribution is 0.0240. The summed E-state index contributed by atoms with van der Waals surface area (Å²) in [5, 5.41) is 6.74. The van der Waals surface area contributed by atoms with Crippen LogP contribution in [0.4, 0.5) is 21.0 Å². The standard InChI is InChI=1S/C32H36N6O4/c1-21-28(35-36-33)17-22(18-29(21)37-13-15-38(16-14-37)31(40)42-32(2,3)4)19-34-30(39)41-20-27-25-11-7-5-9-23(25)24-10-6-8-12-26(24)27/h5-12,17-18,27H,13-16,19-20H2,1-4H3,(H,34,39). The van der Waals surface area contributed by atoms with Crippen LogP contribution in [0.2, 0.25) is 0 Å². The SMILES string of the molecule is Cc1c(N=[N+]=[N-])cc(CNC(=O)OCC2c3ccccc3-c3ccccc32)cc1N1CCN(C(=O)OC(C)(C)C)CC1. The summed E-state index contributed by atoms with van der Waals surface area (Å²) in [6, 6.07) is 20.2. The lowest BCUT2D eigenvalue weighted by Gasteiger charge is -2.37. The molecule has 0 radical (unpaired) electrons. The Hall–Kier alpha value is -4.69. The predicted molar refractivity (Wildman–Crippen MR) is 162 cm³/mol. The minimum absolute atomic E-state index is 0.0231. The molecule has 10 nitrogen and oxygen atoms in total. The summed E-state index contributed by atoms with van der Waals surface area (Å²) in [6.45, 7) is 10.1. The molecule has 1 fully saturated rings. The molecule has 1 aliphatic heterocycles. The van der Waals surface area contributed by atoms with E-state index in [1.54, 1.807) is 11.0 Å². The molecule has 3 aromatic carbocycles. The molecule has 10 heteroatoms. The average Bonchev–Trinajstić information content (AvgIpc) is 3.29. The Morgan fingerprint density at radius 1 is 1.00 bits per heavy atom. The number of hydrogen-bond donors (Lipinski definition) is 1. The molecule has 3 aromatic rings. The topological polar surface area (TPSA) is 120 Å². The third-order valence-corrected chi connectivity index (χ3v) is 7.62. The molecule has 1 saturated heterocycles. The highest BCUT2D eigenvalue weighted by Crippen LogP contribution is 2.44. The van der Waals surface area contributed by atoms with E-state index in [-0.39, 0.29) is 25.2 Å². The van der Waals surface area contributed by atoms with Gasteiger partial charge in [0, 0.05) is 54.9 Å². The first-order valence-electron chi connectivity index (χ1n) is 14.1. The van der Waals surface area contributed by atoms with Gasteiger partial charge in [-0.2, -0.15) is 0 Å². The number of amides is 2. The molecule has 1 heterocycles. The van der Waals surface area contributed by atoms with E-state index in [0.29, 0.717) is 31.9 Å². The number of piperazine rings is 1. The van der Waals surface area contributed by atoms with Crippen LogP contribution in [0.3, 0.4) is 0 Å². The van der Waals surface area contributed by atoms with Crippen molar-refractivity contribution in [3.63, 3.8) is 0 Å². The van der Waals surface area contributed by atoms with Crippen molar-refractivity contribution in [3.8, 4) is 11.1 Å². The van der Waals surface area contributed by atoms with Gasteiger partial charge in [-0.3, -0.25) is 0 Å². The lowest BCUT2D eigenvalue weighted by atomic mass is 9.98. The Kier molecular flexibility index (Phi) is 8.27. The molecule has 5 rings (SSSR count). The Morgan fingerprint density at radius 3 is 2.21 bits per heavy atom. The predicted octanol–water partition coefficient (Wildman–Crippen LogP) is 7.03. The number of rotatable bonds is 6. The fraction of sp³-hybridized carbons (Fsp3) is 0.375. The molecule has 42 heavy (non-hydrogen) atoms. The third kappa shape index (κ3) is 6.29. The Morgan fingerprint density at radius 2 is 1.62 bits per heavy atom. The highest BCUT2D eigenvalue weighted by Gasteiger charge is 2.29. The van der Waals surface area contributed by atoms with E-state index in [4.69, 9.17) is 15.0 Å². The summed E-state index contributed by atoms with van der Waals surface area (Å²) >= 11 is 0. The van der Waals surface area contributed by atoms with E-state index in [1.165, 1.54) is 11.1 Å². The lowest BCUT2D eigenvalue weighted by Crippen LogP contribution is -2.50. The number of ether oxygens (including phenoxy) is 2. The van der Waals surface area contributed by atoms with E-state index in [0.717, 1.165) is 27.9 Å². The maximum Gasteiger partial charge on any atom is 0.410 e. The van der Waals surface area contributed by atoms with E-state index in [2.05, 4.69) is 44.5 Å². The normalized spacial score (nSPS) is 14.5. The van der Waals surface area contributed by atoms with Gasteiger partial charge >= 0.3 is 12.2 Å². The van der Waals surface area contributed by atoms with Crippen LogP contribution in [0.1, 0.15) is 48.9 Å². The number of hydrogen-bond acceptors (Lipinski definition) is 6. The van der Waals surface area contributed by atoms with Crippen LogP contribution < -0.4 is 10.2 Å². The highest BCUT2D eigenvalue weighted by atomic mass is 16.6. The molecular weight excluding hydrogens is 532 g/mol. The monoisotopic (exact) mass is 568 g/mol. The fourth-order valence-electron chi connectivity index (χ4n) is 5.60. The zero-order valence-corrected chi connectivity index (χ0v) is 24.5. The summed E-state index contributed by atoms with van der Waals surface area (Å²) in [6.07, 6.45) is -0.843. The Balaban J connectivity index is 1.23. The molecule has 1 aliphatic carbocycles. The van der Waals surface area contributed by atoms with Crippen molar-refractivity contribution >= 4 is 23.6 Å². The van der Waals surface area contributed by atoms with Gasteiger partial charge in [0.15, 0.2) is 0 Å². The largest absolute Gasteiger partial charge is 0.449 e. The summed E-state index contributed by atoms with van der Waals surface area (Å²) in [7, 11) is 0. The summed E-state index contributed by atoms with van der Waals surface area (Å²) in [5.74, 6) is -0.0231. The highest BCUT2D eigenvalue weighted by molar-refractivity contribution is 5.79. The molecule has 218 valence electrons. The number of alkyl carbamates (subject to hydrolysis) is 1. The fourth-order valence-corrected chi connectivity index (χ4v) is 5.60. The number of benzene rings is 3. The molecule has 0 bridgehead atoms. The van der Waals surface area contributed by atoms with Crippen molar-refractivity contribution in [2.75, 3.05) is 37.7 Å². The number of anilines is 1. The zero-order valence-electron chi connectivity index (χ0n) is 24.5. The van der Waals surface area contributed by atoms with Crippen molar-refractivity contribution in [2.24, 2.45) is 5.11 Å². The van der Waals surface area contributed by atoms with Crippen LogP contribution in [-0.2, 0) is 16.0 Å². The first-order chi connectivity index (χ1) is 20.1. The van der Waals surface area contributed by atoms with Crippen molar-refractivity contribution in [1.29, 1.82) is 0 Å². The molecule has 2 amide bonds. The van der Waals surface area contributed by atoms with Crippen molar-refractivity contribution in [2.45, 2.75) is 45.8 Å². The second-order valence-electron chi connectivity index (χ2n) is 11.6. The van der Waals surface area contributed by atoms with Gasteiger partial charge in [0.25, 0.3) is 0 Å². The number of carbonyl (C=O) groups excluding carboxylic acids is 2. The van der Waals surface area contributed by atoms with Gasteiger partial charge in [-0.05, 0) is 78.7 Å². The van der Waals surface area contributed by atoms with Gasteiger partial charge in [-0.25, -0.2) is 9.59 Å². The van der Waals surface area contributed by atoms with Crippen molar-refractivity contribution < 1.29 is 19.1 Å². The number of nitrogens with zero attached hydrogens (tertiary/aromatic N) is 5. The van der Waals surface area contributed by atoms with E-state index < -0.39 is 11.7 Å². The molecule has 0 saturated carbocycles. The number of carbonyl (C=O) groups is 2. The number of fused-ring (bicyclic) bond motifs is 3. The van der Waals surface area contributed by atoms with Crippen LogP contribution in [0.25, 0.3) is 21.6 Å². The molecule has 0 aromatic heterocycles. The summed E-state index contributed by atoms with van der Waals surface area (Å²) < 4.78 is 11.2. The number of nitrogens with one attached hydrogen (secondary N) is 1. The van der Waals surface area contributed by atoms with Crippen LogP contribution >= 0.6 is 0 Å². The van der Waals surface area contributed by atoms with Crippen LogP contribution in [-0.4, -0.2) is 55.5 Å². The molecule has 0 spiro atoms. The molecular formula is C32H36N6O4. The maximum absolute atomic E-state index is 12.8. The van der Waals surface area contributed by atoms with Gasteiger partial charge in [-0.1, -0.05) is 53.6 Å². The summed E-state index contributed by atoms with van der Waals surface area (Å²) in [5.41, 5.74) is 16.3. The maximum atomic E-state index is 12.8. The third-order valence-electron chi connectivity index (χ3n) is 7.62. The van der Waals surface area contributed by atoms with Gasteiger partial charge in [-0.15, -0.1) is 0 Å². The minimum Gasteiger partial charge on any atom is -0.449 e.